The van der Waals surface area contributed by atoms with Crippen molar-refractivity contribution in [1.29, 1.82) is 0 Å². The van der Waals surface area contributed by atoms with Crippen LogP contribution >= 0.6 is 0 Å². The zero-order chi connectivity index (χ0) is 14.2. The molecule has 0 radical (unpaired) electrons. The topological polar surface area (TPSA) is 3.24 Å². The first-order chi connectivity index (χ1) is 8.45. The highest BCUT2D eigenvalue weighted by Gasteiger charge is 2.38. The highest BCUT2D eigenvalue weighted by Crippen LogP contribution is 2.30. The van der Waals surface area contributed by atoms with E-state index in [1.54, 1.807) is 0 Å². The van der Waals surface area contributed by atoms with Crippen LogP contribution in [0, 0.1) is 0 Å². The first-order valence-corrected chi connectivity index (χ1v) is 10.3. The molecule has 0 rings (SSSR count). The summed E-state index contributed by atoms with van der Waals surface area (Å²) in [6.07, 6.45) is 5.33. The Morgan fingerprint density at radius 3 is 1.56 bits per heavy atom. The first kappa shape index (κ1) is 17.9. The molecule has 0 aromatic rings. The minimum Gasteiger partial charge on any atom is -0.316 e. The summed E-state index contributed by atoms with van der Waals surface area (Å²) in [7, 11) is -1.47. The van der Waals surface area contributed by atoms with Crippen LogP contribution in [-0.4, -0.2) is 24.9 Å². The van der Waals surface area contributed by atoms with Gasteiger partial charge in [0.05, 0.1) is 0 Å². The average molecular weight is 270 g/mol. The van der Waals surface area contributed by atoms with Crippen LogP contribution in [0.5, 0.6) is 0 Å². The van der Waals surface area contributed by atoms with Crippen molar-refractivity contribution in [2.24, 2.45) is 0 Å². The van der Waals surface area contributed by atoms with E-state index >= 15 is 0 Å². The van der Waals surface area contributed by atoms with Gasteiger partial charge >= 0.3 is 0 Å². The van der Waals surface area contributed by atoms with E-state index < -0.39 is 8.24 Å². The molecule has 0 saturated heterocycles. The van der Waals surface area contributed by atoms with Gasteiger partial charge in [0.1, 0.15) is 0 Å². The molecule has 0 aliphatic carbocycles. The summed E-state index contributed by atoms with van der Waals surface area (Å²) in [6, 6.07) is 4.07. The van der Waals surface area contributed by atoms with Crippen molar-refractivity contribution in [2.75, 3.05) is 0 Å². The maximum absolute atomic E-state index is 4.24. The Labute approximate surface area is 117 Å². The summed E-state index contributed by atoms with van der Waals surface area (Å²) in [5.74, 6) is 0. The largest absolute Gasteiger partial charge is 0.316 e. The van der Waals surface area contributed by atoms with Crippen LogP contribution < -0.4 is 0 Å². The van der Waals surface area contributed by atoms with Crippen molar-refractivity contribution in [1.82, 2.24) is 4.57 Å². The highest BCUT2D eigenvalue weighted by molar-refractivity contribution is 6.82. The Hall–Kier alpha value is -0.0831. The molecule has 2 heteroatoms. The van der Waals surface area contributed by atoms with Crippen molar-refractivity contribution in [3.8, 4) is 0 Å². The average Bonchev–Trinajstić information content (AvgIpc) is 2.31. The Bertz CT molecular complexity index is 207. The predicted octanol–water partition coefficient (Wildman–Crippen LogP) is 5.38. The molecule has 0 atom stereocenters. The monoisotopic (exact) mass is 269 g/mol. The minimum atomic E-state index is -1.47. The van der Waals surface area contributed by atoms with Gasteiger partial charge < -0.3 is 4.57 Å². The normalized spacial score (nSPS) is 12.7. The SMILES string of the molecule is C=C[Si](CCCC)(CCCC)N(C(C)C)C(C)C. The molecule has 0 amide bonds. The maximum Gasteiger partial charge on any atom is 0.152 e. The van der Waals surface area contributed by atoms with Gasteiger partial charge in [0, 0.05) is 0 Å². The van der Waals surface area contributed by atoms with Crippen LogP contribution in [0.1, 0.15) is 67.2 Å². The lowest BCUT2D eigenvalue weighted by molar-refractivity contribution is 0.291. The van der Waals surface area contributed by atoms with Crippen molar-refractivity contribution >= 4 is 8.24 Å². The molecule has 0 spiro atoms. The number of hydrogen-bond donors (Lipinski definition) is 0. The molecule has 108 valence electrons. The van der Waals surface area contributed by atoms with Gasteiger partial charge in [-0.05, 0) is 24.2 Å². The van der Waals surface area contributed by atoms with Crippen LogP contribution in [0.15, 0.2) is 12.3 Å². The number of nitrogens with zero attached hydrogens (tertiary/aromatic N) is 1. The van der Waals surface area contributed by atoms with E-state index in [1.807, 2.05) is 0 Å². The van der Waals surface area contributed by atoms with E-state index in [-0.39, 0.29) is 0 Å². The molecule has 0 aromatic heterocycles. The Morgan fingerprint density at radius 1 is 0.944 bits per heavy atom. The van der Waals surface area contributed by atoms with Gasteiger partial charge in [0.2, 0.25) is 0 Å². The second-order valence-electron chi connectivity index (χ2n) is 6.11. The predicted molar refractivity (Wildman–Crippen MR) is 87.5 cm³/mol. The molecule has 0 fully saturated rings. The fourth-order valence-corrected chi connectivity index (χ4v) is 8.66. The molecule has 1 nitrogen and oxygen atoms in total. The Morgan fingerprint density at radius 2 is 1.33 bits per heavy atom. The second kappa shape index (κ2) is 8.92. The van der Waals surface area contributed by atoms with Crippen molar-refractivity contribution < 1.29 is 0 Å². The van der Waals surface area contributed by atoms with Gasteiger partial charge in [-0.3, -0.25) is 0 Å². The minimum absolute atomic E-state index is 0.642. The lowest BCUT2D eigenvalue weighted by Gasteiger charge is -2.46. The fraction of sp³-hybridized carbons (Fsp3) is 0.875. The Balaban J connectivity index is 5.14. The van der Waals surface area contributed by atoms with Crippen molar-refractivity contribution in [3.05, 3.63) is 12.3 Å². The summed E-state index contributed by atoms with van der Waals surface area (Å²) in [4.78, 5) is 0. The van der Waals surface area contributed by atoms with Crippen LogP contribution in [0.4, 0.5) is 0 Å². The second-order valence-corrected chi connectivity index (χ2v) is 10.2. The Kier molecular flexibility index (Phi) is 8.88. The smallest absolute Gasteiger partial charge is 0.152 e. The molecule has 0 aromatic carbocycles. The van der Waals surface area contributed by atoms with E-state index in [1.165, 1.54) is 37.8 Å². The van der Waals surface area contributed by atoms with Crippen LogP contribution in [0.3, 0.4) is 0 Å². The van der Waals surface area contributed by atoms with Crippen LogP contribution in [0.25, 0.3) is 0 Å². The fourth-order valence-electron chi connectivity index (χ4n) is 3.28. The number of hydrogen-bond acceptors (Lipinski definition) is 1. The first-order valence-electron chi connectivity index (χ1n) is 7.87. The molecule has 0 bridgehead atoms. The van der Waals surface area contributed by atoms with Crippen molar-refractivity contribution in [2.45, 2.75) is 91.4 Å². The molecule has 0 aliphatic rings. The van der Waals surface area contributed by atoms with Gasteiger partial charge in [-0.25, -0.2) is 0 Å². The number of unbranched alkanes of at least 4 members (excludes halogenated alkanes) is 2. The molecule has 18 heavy (non-hydrogen) atoms. The van der Waals surface area contributed by atoms with E-state index in [4.69, 9.17) is 0 Å². The summed E-state index contributed by atoms with van der Waals surface area (Å²) in [6.45, 7) is 18.3. The summed E-state index contributed by atoms with van der Waals surface area (Å²) >= 11 is 0. The van der Waals surface area contributed by atoms with E-state index in [2.05, 4.69) is 58.4 Å². The molecule has 0 heterocycles. The highest BCUT2D eigenvalue weighted by atomic mass is 28.3. The van der Waals surface area contributed by atoms with E-state index in [0.717, 1.165) is 0 Å². The maximum atomic E-state index is 4.24. The molecular formula is C16H35NSi. The van der Waals surface area contributed by atoms with Gasteiger partial charge in [0.25, 0.3) is 0 Å². The lowest BCUT2D eigenvalue weighted by atomic mass is 10.3. The van der Waals surface area contributed by atoms with Crippen molar-refractivity contribution in [3.63, 3.8) is 0 Å². The molecule has 0 aliphatic heterocycles. The third kappa shape index (κ3) is 4.89. The lowest BCUT2D eigenvalue weighted by Crippen LogP contribution is -2.58. The molecule has 0 unspecified atom stereocenters. The van der Waals surface area contributed by atoms with Crippen LogP contribution in [-0.2, 0) is 0 Å². The third-order valence-electron chi connectivity index (χ3n) is 3.93. The third-order valence-corrected chi connectivity index (χ3v) is 9.19. The summed E-state index contributed by atoms with van der Waals surface area (Å²) < 4.78 is 2.81. The van der Waals surface area contributed by atoms with Crippen LogP contribution in [0.2, 0.25) is 12.1 Å². The van der Waals surface area contributed by atoms with Gasteiger partial charge in [-0.1, -0.05) is 72.9 Å². The standard InChI is InChI=1S/C16H35NSi/c1-8-11-13-18(10-3,14-12-9-2)17(15(4)5)16(6)7/h10,15-16H,3,8-9,11-14H2,1-2,4-7H3. The molecule has 0 N–H and O–H groups in total. The van der Waals surface area contributed by atoms with E-state index in [0.29, 0.717) is 12.1 Å². The quantitative estimate of drug-likeness (QED) is 0.482. The molecular weight excluding hydrogens is 234 g/mol. The van der Waals surface area contributed by atoms with Gasteiger partial charge in [-0.2, -0.15) is 0 Å². The van der Waals surface area contributed by atoms with Gasteiger partial charge in [0.15, 0.2) is 8.24 Å². The van der Waals surface area contributed by atoms with Gasteiger partial charge in [-0.15, -0.1) is 6.58 Å². The summed E-state index contributed by atoms with van der Waals surface area (Å²) in [5.41, 5.74) is 2.37. The summed E-state index contributed by atoms with van der Waals surface area (Å²) in [5, 5.41) is 0. The zero-order valence-electron chi connectivity index (χ0n) is 13.6. The van der Waals surface area contributed by atoms with E-state index in [9.17, 15) is 0 Å². The number of rotatable bonds is 10. The zero-order valence-corrected chi connectivity index (χ0v) is 14.6. The molecule has 0 saturated carbocycles.